The molecule has 0 aliphatic carbocycles. The Morgan fingerprint density at radius 3 is 2.67 bits per heavy atom. The number of halogens is 1. The van der Waals surface area contributed by atoms with Crippen LogP contribution < -0.4 is 19.6 Å². The molecule has 166 valence electrons. The number of nitrogens with zero attached hydrogens (tertiary/aromatic N) is 2. The predicted octanol–water partition coefficient (Wildman–Crippen LogP) is 5.40. The Balaban J connectivity index is 1.52. The molecular weight excluding hydrogens is 456 g/mol. The van der Waals surface area contributed by atoms with E-state index in [1.165, 1.54) is 16.9 Å². The van der Waals surface area contributed by atoms with E-state index in [0.29, 0.717) is 39.2 Å². The summed E-state index contributed by atoms with van der Waals surface area (Å²) in [6.07, 6.45) is 1.81. The van der Waals surface area contributed by atoms with Gasteiger partial charge in [-0.15, -0.1) is 0 Å². The maximum Gasteiger partial charge on any atom is 0.274 e. The highest BCUT2D eigenvalue weighted by atomic mass is 35.5. The van der Waals surface area contributed by atoms with E-state index < -0.39 is 0 Å². The number of aryl methyl sites for hydroxylation is 1. The van der Waals surface area contributed by atoms with Crippen molar-refractivity contribution in [3.63, 3.8) is 0 Å². The summed E-state index contributed by atoms with van der Waals surface area (Å²) >= 11 is 7.94. The lowest BCUT2D eigenvalue weighted by atomic mass is 10.1. The maximum absolute atomic E-state index is 13.1. The van der Waals surface area contributed by atoms with Gasteiger partial charge in [0.05, 0.1) is 27.2 Å². The van der Waals surface area contributed by atoms with Gasteiger partial charge in [0, 0.05) is 0 Å². The van der Waals surface area contributed by atoms with E-state index in [2.05, 4.69) is 4.98 Å². The van der Waals surface area contributed by atoms with Crippen molar-refractivity contribution in [1.82, 2.24) is 9.38 Å². The topological polar surface area (TPSA) is 52.8 Å². The van der Waals surface area contributed by atoms with Crippen LogP contribution in [0.5, 0.6) is 11.5 Å². The highest BCUT2D eigenvalue weighted by molar-refractivity contribution is 7.15. The number of aromatic nitrogens is 2. The van der Waals surface area contributed by atoms with Crippen LogP contribution in [0.1, 0.15) is 23.6 Å². The highest BCUT2D eigenvalue weighted by Crippen LogP contribution is 2.37. The molecule has 0 aliphatic rings. The van der Waals surface area contributed by atoms with Crippen LogP contribution in [0.4, 0.5) is 0 Å². The molecule has 0 atom stereocenters. The van der Waals surface area contributed by atoms with Gasteiger partial charge in [-0.05, 0) is 55.3 Å². The van der Waals surface area contributed by atoms with Crippen molar-refractivity contribution in [2.24, 2.45) is 0 Å². The number of thiazole rings is 1. The Morgan fingerprint density at radius 2 is 1.88 bits per heavy atom. The second kappa shape index (κ2) is 8.89. The van der Waals surface area contributed by atoms with Crippen LogP contribution in [0.2, 0.25) is 5.02 Å². The number of rotatable bonds is 6. The average molecular weight is 477 g/mol. The van der Waals surface area contributed by atoms with Gasteiger partial charge in [0.25, 0.3) is 5.56 Å². The van der Waals surface area contributed by atoms with Crippen molar-refractivity contribution in [3.05, 3.63) is 97.3 Å². The standard InChI is InChI=1S/C26H21ClN2O3S/c1-3-31-22-13-18(12-19(27)24(22)32-15-17-10-8-16(2)9-11-17)14-23-25(30)29-21-7-5-4-6-20(21)28-26(29)33-23/h4-14H,3,15H2,1-2H3/b23-14-. The van der Waals surface area contributed by atoms with Gasteiger partial charge in [-0.25, -0.2) is 9.38 Å². The van der Waals surface area contributed by atoms with Crippen LogP contribution in [0.3, 0.4) is 0 Å². The summed E-state index contributed by atoms with van der Waals surface area (Å²) in [7, 11) is 0. The quantitative estimate of drug-likeness (QED) is 0.329. The van der Waals surface area contributed by atoms with Gasteiger partial charge in [0.1, 0.15) is 6.61 Å². The molecule has 0 N–H and O–H groups in total. The van der Waals surface area contributed by atoms with Crippen molar-refractivity contribution in [2.45, 2.75) is 20.5 Å². The van der Waals surface area contributed by atoms with E-state index in [1.807, 2.05) is 74.5 Å². The van der Waals surface area contributed by atoms with Crippen molar-refractivity contribution < 1.29 is 9.47 Å². The second-order valence-corrected chi connectivity index (χ2v) is 9.09. The van der Waals surface area contributed by atoms with E-state index in [9.17, 15) is 4.79 Å². The Kier molecular flexibility index (Phi) is 5.79. The summed E-state index contributed by atoms with van der Waals surface area (Å²) < 4.78 is 14.1. The van der Waals surface area contributed by atoms with Gasteiger partial charge in [0.15, 0.2) is 16.5 Å². The van der Waals surface area contributed by atoms with E-state index in [-0.39, 0.29) is 5.56 Å². The smallest absolute Gasteiger partial charge is 0.274 e. The molecule has 5 nitrogen and oxygen atoms in total. The van der Waals surface area contributed by atoms with Gasteiger partial charge in [-0.2, -0.15) is 0 Å². The summed E-state index contributed by atoms with van der Waals surface area (Å²) in [5.74, 6) is 1.04. The van der Waals surface area contributed by atoms with Crippen LogP contribution in [-0.4, -0.2) is 16.0 Å². The first-order chi connectivity index (χ1) is 16.0. The number of hydrogen-bond acceptors (Lipinski definition) is 5. The third kappa shape index (κ3) is 4.19. The van der Waals surface area contributed by atoms with E-state index >= 15 is 0 Å². The fourth-order valence-electron chi connectivity index (χ4n) is 3.68. The van der Waals surface area contributed by atoms with Gasteiger partial charge < -0.3 is 9.47 Å². The molecule has 0 spiro atoms. The minimum absolute atomic E-state index is 0.0996. The second-order valence-electron chi connectivity index (χ2n) is 7.67. The first-order valence-corrected chi connectivity index (χ1v) is 11.8. The predicted molar refractivity (Wildman–Crippen MR) is 134 cm³/mol. The molecule has 0 radical (unpaired) electrons. The molecule has 0 saturated heterocycles. The monoisotopic (exact) mass is 476 g/mol. The summed E-state index contributed by atoms with van der Waals surface area (Å²) in [5, 5.41) is 0.429. The minimum Gasteiger partial charge on any atom is -0.490 e. The zero-order valence-corrected chi connectivity index (χ0v) is 19.7. The molecule has 0 bridgehead atoms. The molecule has 2 heterocycles. The number of ether oxygens (including phenoxy) is 2. The van der Waals surface area contributed by atoms with Crippen LogP contribution in [0.15, 0.2) is 65.5 Å². The van der Waals surface area contributed by atoms with Crippen LogP contribution in [0.25, 0.3) is 22.1 Å². The van der Waals surface area contributed by atoms with Gasteiger partial charge in [0.2, 0.25) is 0 Å². The number of para-hydroxylation sites is 2. The molecule has 0 amide bonds. The molecule has 0 aliphatic heterocycles. The Labute approximate surface area is 199 Å². The first-order valence-electron chi connectivity index (χ1n) is 10.6. The third-order valence-corrected chi connectivity index (χ3v) is 6.53. The van der Waals surface area contributed by atoms with Crippen molar-refractivity contribution in [3.8, 4) is 11.5 Å². The lowest BCUT2D eigenvalue weighted by molar-refractivity contribution is 0.269. The van der Waals surface area contributed by atoms with Crippen molar-refractivity contribution in [1.29, 1.82) is 0 Å². The summed E-state index contributed by atoms with van der Waals surface area (Å²) in [4.78, 5) is 18.3. The van der Waals surface area contributed by atoms with Crippen molar-refractivity contribution in [2.75, 3.05) is 6.61 Å². The van der Waals surface area contributed by atoms with E-state index in [4.69, 9.17) is 21.1 Å². The molecule has 33 heavy (non-hydrogen) atoms. The average Bonchev–Trinajstić information content (AvgIpc) is 3.31. The largest absolute Gasteiger partial charge is 0.490 e. The van der Waals surface area contributed by atoms with Crippen LogP contribution in [-0.2, 0) is 6.61 Å². The molecule has 0 unspecified atom stereocenters. The first kappa shape index (κ1) is 21.5. The summed E-state index contributed by atoms with van der Waals surface area (Å²) in [5.41, 5.74) is 4.51. The summed E-state index contributed by atoms with van der Waals surface area (Å²) in [6, 6.07) is 19.4. The molecule has 7 heteroatoms. The Hall–Kier alpha value is -3.35. The molecule has 5 aromatic rings. The maximum atomic E-state index is 13.1. The number of fused-ring (bicyclic) bond motifs is 3. The fourth-order valence-corrected chi connectivity index (χ4v) is 4.94. The molecular formula is C26H21ClN2O3S. The SMILES string of the molecule is CCOc1cc(/C=c2\sc3nc4ccccc4n3c2=O)cc(Cl)c1OCc1ccc(C)cc1. The van der Waals surface area contributed by atoms with E-state index in [1.54, 1.807) is 10.5 Å². The summed E-state index contributed by atoms with van der Waals surface area (Å²) in [6.45, 7) is 4.80. The zero-order valence-electron chi connectivity index (χ0n) is 18.2. The normalized spacial score (nSPS) is 12.0. The van der Waals surface area contributed by atoms with Gasteiger partial charge >= 0.3 is 0 Å². The zero-order chi connectivity index (χ0) is 22.9. The molecule has 5 rings (SSSR count). The fraction of sp³-hybridized carbons (Fsp3) is 0.154. The van der Waals surface area contributed by atoms with Crippen LogP contribution >= 0.6 is 22.9 Å². The molecule has 0 saturated carbocycles. The molecule has 2 aromatic heterocycles. The highest BCUT2D eigenvalue weighted by Gasteiger charge is 2.14. The number of hydrogen-bond donors (Lipinski definition) is 0. The Morgan fingerprint density at radius 1 is 1.09 bits per heavy atom. The van der Waals surface area contributed by atoms with E-state index in [0.717, 1.165) is 22.2 Å². The third-order valence-electron chi connectivity index (χ3n) is 5.28. The molecule has 0 fully saturated rings. The van der Waals surface area contributed by atoms with Crippen LogP contribution in [0, 0.1) is 6.92 Å². The Bertz CT molecular complexity index is 1570. The lowest BCUT2D eigenvalue weighted by Gasteiger charge is -2.14. The van der Waals surface area contributed by atoms with Gasteiger partial charge in [-0.3, -0.25) is 4.79 Å². The number of imidazole rings is 1. The minimum atomic E-state index is -0.0996. The number of benzene rings is 3. The van der Waals surface area contributed by atoms with Gasteiger partial charge in [-0.1, -0.05) is 64.9 Å². The van der Waals surface area contributed by atoms with Crippen molar-refractivity contribution >= 4 is 45.0 Å². The lowest BCUT2D eigenvalue weighted by Crippen LogP contribution is -2.22. The molecule has 3 aromatic carbocycles.